The Hall–Kier alpha value is -2.64. The van der Waals surface area contributed by atoms with E-state index in [1.165, 1.54) is 18.5 Å². The molecule has 104 valence electrons. The molecule has 8 heteroatoms. The minimum atomic E-state index is -4.51. The van der Waals surface area contributed by atoms with E-state index in [-0.39, 0.29) is 16.9 Å². The standard InChI is InChI=1S/C12H9F3N4O/c13-12(14,15)9-1-2-17-6-10(9)19-8-3-7(11(16)20)4-18-5-8/h1-6,19H,(H2,16,20). The highest BCUT2D eigenvalue weighted by Crippen LogP contribution is 2.35. The summed E-state index contributed by atoms with van der Waals surface area (Å²) in [5.74, 6) is -0.719. The third-order valence-electron chi connectivity index (χ3n) is 2.43. The summed E-state index contributed by atoms with van der Waals surface area (Å²) >= 11 is 0. The number of rotatable bonds is 3. The second kappa shape index (κ2) is 5.16. The van der Waals surface area contributed by atoms with Crippen molar-refractivity contribution in [3.63, 3.8) is 0 Å². The van der Waals surface area contributed by atoms with Crippen molar-refractivity contribution >= 4 is 17.3 Å². The average molecular weight is 282 g/mol. The minimum Gasteiger partial charge on any atom is -0.366 e. The Morgan fingerprint density at radius 2 is 1.95 bits per heavy atom. The molecule has 2 aromatic heterocycles. The zero-order chi connectivity index (χ0) is 14.8. The predicted molar refractivity (Wildman–Crippen MR) is 65.3 cm³/mol. The summed E-state index contributed by atoms with van der Waals surface area (Å²) in [5.41, 5.74) is 4.28. The summed E-state index contributed by atoms with van der Waals surface area (Å²) in [6.07, 6.45) is 0.0763. The van der Waals surface area contributed by atoms with Gasteiger partial charge in [-0.25, -0.2) is 0 Å². The van der Waals surface area contributed by atoms with Gasteiger partial charge in [-0.15, -0.1) is 0 Å². The number of primary amides is 1. The first-order chi connectivity index (χ1) is 9.38. The van der Waals surface area contributed by atoms with Gasteiger partial charge in [-0.3, -0.25) is 14.8 Å². The Bertz CT molecular complexity index is 643. The molecule has 0 spiro atoms. The van der Waals surface area contributed by atoms with Crippen LogP contribution in [0.1, 0.15) is 15.9 Å². The molecule has 2 rings (SSSR count). The summed E-state index contributed by atoms with van der Waals surface area (Å²) in [7, 11) is 0. The molecular formula is C12H9F3N4O. The summed E-state index contributed by atoms with van der Waals surface area (Å²) in [5, 5.41) is 2.52. The molecule has 0 saturated carbocycles. The van der Waals surface area contributed by atoms with Crippen LogP contribution in [-0.2, 0) is 6.18 Å². The quantitative estimate of drug-likeness (QED) is 0.905. The Morgan fingerprint density at radius 1 is 1.20 bits per heavy atom. The van der Waals surface area contributed by atoms with Gasteiger partial charge < -0.3 is 11.1 Å². The minimum absolute atomic E-state index is 0.0902. The molecule has 0 unspecified atom stereocenters. The molecule has 20 heavy (non-hydrogen) atoms. The molecule has 0 radical (unpaired) electrons. The average Bonchev–Trinajstić information content (AvgIpc) is 2.38. The van der Waals surface area contributed by atoms with Gasteiger partial charge in [0.25, 0.3) is 0 Å². The van der Waals surface area contributed by atoms with Gasteiger partial charge >= 0.3 is 6.18 Å². The van der Waals surface area contributed by atoms with Gasteiger partial charge in [0.1, 0.15) is 0 Å². The summed E-state index contributed by atoms with van der Waals surface area (Å²) in [6, 6.07) is 2.16. The van der Waals surface area contributed by atoms with E-state index in [0.717, 1.165) is 18.5 Å². The molecule has 1 amide bonds. The van der Waals surface area contributed by atoms with Gasteiger partial charge in [-0.1, -0.05) is 0 Å². The Balaban J connectivity index is 2.36. The molecule has 0 bridgehead atoms. The molecule has 0 saturated heterocycles. The van der Waals surface area contributed by atoms with E-state index in [1.807, 2.05) is 0 Å². The normalized spacial score (nSPS) is 11.2. The number of nitrogens with two attached hydrogens (primary N) is 1. The number of aromatic nitrogens is 2. The number of nitrogens with one attached hydrogen (secondary N) is 1. The largest absolute Gasteiger partial charge is 0.418 e. The maximum absolute atomic E-state index is 12.8. The second-order valence-electron chi connectivity index (χ2n) is 3.87. The van der Waals surface area contributed by atoms with Crippen LogP contribution >= 0.6 is 0 Å². The lowest BCUT2D eigenvalue weighted by molar-refractivity contribution is -0.137. The number of alkyl halides is 3. The van der Waals surface area contributed by atoms with Crippen molar-refractivity contribution in [2.45, 2.75) is 6.18 Å². The van der Waals surface area contributed by atoms with Gasteiger partial charge in [0, 0.05) is 12.4 Å². The highest BCUT2D eigenvalue weighted by molar-refractivity contribution is 5.93. The van der Waals surface area contributed by atoms with Gasteiger partial charge in [-0.05, 0) is 12.1 Å². The van der Waals surface area contributed by atoms with Crippen molar-refractivity contribution in [2.75, 3.05) is 5.32 Å². The lowest BCUT2D eigenvalue weighted by Gasteiger charge is -2.13. The number of hydrogen-bond acceptors (Lipinski definition) is 4. The summed E-state index contributed by atoms with van der Waals surface area (Å²) in [4.78, 5) is 18.4. The zero-order valence-corrected chi connectivity index (χ0v) is 9.98. The highest BCUT2D eigenvalue weighted by Gasteiger charge is 2.33. The molecule has 0 aliphatic rings. The SMILES string of the molecule is NC(=O)c1cncc(Nc2cnccc2C(F)(F)F)c1. The number of pyridine rings is 2. The van der Waals surface area contributed by atoms with Crippen LogP contribution in [0.2, 0.25) is 0 Å². The van der Waals surface area contributed by atoms with Crippen molar-refractivity contribution in [3.05, 3.63) is 48.0 Å². The van der Waals surface area contributed by atoms with Crippen LogP contribution in [0.5, 0.6) is 0 Å². The summed E-state index contributed by atoms with van der Waals surface area (Å²) < 4.78 is 38.4. The van der Waals surface area contributed by atoms with Crippen LogP contribution in [0, 0.1) is 0 Å². The molecule has 5 nitrogen and oxygen atoms in total. The molecule has 0 fully saturated rings. The molecule has 0 aliphatic heterocycles. The fourth-order valence-corrected chi connectivity index (χ4v) is 1.54. The number of halogens is 3. The highest BCUT2D eigenvalue weighted by atomic mass is 19.4. The lowest BCUT2D eigenvalue weighted by atomic mass is 10.2. The molecule has 3 N–H and O–H groups in total. The van der Waals surface area contributed by atoms with Crippen LogP contribution in [0.25, 0.3) is 0 Å². The van der Waals surface area contributed by atoms with Crippen molar-refractivity contribution in [2.24, 2.45) is 5.73 Å². The first-order valence-corrected chi connectivity index (χ1v) is 5.41. The number of nitrogens with zero attached hydrogens (tertiary/aromatic N) is 2. The number of amides is 1. The van der Waals surface area contributed by atoms with E-state index in [2.05, 4.69) is 15.3 Å². The third-order valence-corrected chi connectivity index (χ3v) is 2.43. The van der Waals surface area contributed by atoms with Gasteiger partial charge in [0.15, 0.2) is 0 Å². The number of carbonyl (C=O) groups excluding carboxylic acids is 1. The van der Waals surface area contributed by atoms with Crippen LogP contribution < -0.4 is 11.1 Å². The van der Waals surface area contributed by atoms with Gasteiger partial charge in [0.05, 0.1) is 34.9 Å². The van der Waals surface area contributed by atoms with Crippen molar-refractivity contribution in [1.82, 2.24) is 9.97 Å². The molecule has 2 aromatic rings. The van der Waals surface area contributed by atoms with Crippen LogP contribution in [-0.4, -0.2) is 15.9 Å². The Labute approximate surface area is 111 Å². The molecule has 0 aromatic carbocycles. The maximum Gasteiger partial charge on any atom is 0.418 e. The zero-order valence-electron chi connectivity index (χ0n) is 9.98. The van der Waals surface area contributed by atoms with Crippen LogP contribution in [0.4, 0.5) is 24.5 Å². The fraction of sp³-hybridized carbons (Fsp3) is 0.0833. The number of anilines is 2. The van der Waals surface area contributed by atoms with E-state index in [0.29, 0.717) is 0 Å². The van der Waals surface area contributed by atoms with E-state index < -0.39 is 17.6 Å². The monoisotopic (exact) mass is 282 g/mol. The van der Waals surface area contributed by atoms with Gasteiger partial charge in [-0.2, -0.15) is 13.2 Å². The second-order valence-corrected chi connectivity index (χ2v) is 3.87. The van der Waals surface area contributed by atoms with E-state index in [9.17, 15) is 18.0 Å². The first kappa shape index (κ1) is 13.8. The number of hydrogen-bond donors (Lipinski definition) is 2. The van der Waals surface area contributed by atoms with Gasteiger partial charge in [0.2, 0.25) is 5.91 Å². The summed E-state index contributed by atoms with van der Waals surface area (Å²) in [6.45, 7) is 0. The van der Waals surface area contributed by atoms with E-state index >= 15 is 0 Å². The van der Waals surface area contributed by atoms with Crippen molar-refractivity contribution in [1.29, 1.82) is 0 Å². The molecule has 0 aliphatic carbocycles. The van der Waals surface area contributed by atoms with E-state index in [1.54, 1.807) is 0 Å². The molecular weight excluding hydrogens is 273 g/mol. The van der Waals surface area contributed by atoms with Crippen molar-refractivity contribution in [3.8, 4) is 0 Å². The maximum atomic E-state index is 12.8. The van der Waals surface area contributed by atoms with Crippen LogP contribution in [0.3, 0.4) is 0 Å². The third kappa shape index (κ3) is 3.02. The molecule has 0 atom stereocenters. The topological polar surface area (TPSA) is 80.9 Å². The Morgan fingerprint density at radius 3 is 2.60 bits per heavy atom. The fourth-order valence-electron chi connectivity index (χ4n) is 1.54. The van der Waals surface area contributed by atoms with E-state index in [4.69, 9.17) is 5.73 Å². The first-order valence-electron chi connectivity index (χ1n) is 5.41. The van der Waals surface area contributed by atoms with Crippen LogP contribution in [0.15, 0.2) is 36.9 Å². The van der Waals surface area contributed by atoms with Crippen molar-refractivity contribution < 1.29 is 18.0 Å². The Kier molecular flexibility index (Phi) is 3.55. The lowest BCUT2D eigenvalue weighted by Crippen LogP contribution is -2.12. The predicted octanol–water partition coefficient (Wildman–Crippen LogP) is 2.34. The number of carbonyl (C=O) groups is 1. The smallest absolute Gasteiger partial charge is 0.366 e. The molecule has 2 heterocycles.